The number of aromatic nitrogens is 1. The molecule has 0 aliphatic carbocycles. The van der Waals surface area contributed by atoms with E-state index in [2.05, 4.69) is 20.9 Å². The number of nitrogens with zero attached hydrogens (tertiary/aromatic N) is 5. The molecule has 8 nitrogen and oxygen atoms in total. The molecule has 0 aromatic carbocycles. The highest BCUT2D eigenvalue weighted by Gasteiger charge is 2.32. The minimum atomic E-state index is -0.144. The van der Waals surface area contributed by atoms with Gasteiger partial charge in [-0.25, -0.2) is 0 Å². The second-order valence-electron chi connectivity index (χ2n) is 7.90. The van der Waals surface area contributed by atoms with E-state index in [9.17, 15) is 9.59 Å². The predicted octanol–water partition coefficient (Wildman–Crippen LogP) is 1.17. The molecule has 2 saturated heterocycles. The Kier molecular flexibility index (Phi) is 6.44. The van der Waals surface area contributed by atoms with Gasteiger partial charge in [0.15, 0.2) is 5.76 Å². The minimum absolute atomic E-state index is 0.107. The Morgan fingerprint density at radius 2 is 1.70 bits per heavy atom. The number of pyridine rings is 1. The molecule has 0 N–H and O–H groups in total. The molecule has 0 bridgehead atoms. The van der Waals surface area contributed by atoms with Gasteiger partial charge >= 0.3 is 0 Å². The fraction of sp³-hybridized carbons (Fsp3) is 0.500. The van der Waals surface area contributed by atoms with E-state index in [0.717, 1.165) is 38.4 Å². The third-order valence-corrected chi connectivity index (χ3v) is 6.03. The zero-order chi connectivity index (χ0) is 20.9. The first-order valence-electron chi connectivity index (χ1n) is 10.6. The summed E-state index contributed by atoms with van der Waals surface area (Å²) < 4.78 is 5.20. The van der Waals surface area contributed by atoms with E-state index in [1.165, 1.54) is 6.26 Å². The van der Waals surface area contributed by atoms with Gasteiger partial charge < -0.3 is 14.2 Å². The molecule has 0 saturated carbocycles. The molecule has 4 rings (SSSR count). The molecule has 4 heterocycles. The van der Waals surface area contributed by atoms with Crippen molar-refractivity contribution in [2.45, 2.75) is 19.5 Å². The number of carbonyl (C=O) groups excluding carboxylic acids is 2. The molecule has 0 spiro atoms. The molecule has 2 fully saturated rings. The molecule has 0 radical (unpaired) electrons. The van der Waals surface area contributed by atoms with Gasteiger partial charge in [0.25, 0.3) is 5.91 Å². The Hall–Kier alpha value is -2.71. The van der Waals surface area contributed by atoms with E-state index in [1.807, 2.05) is 30.2 Å². The zero-order valence-corrected chi connectivity index (χ0v) is 17.4. The van der Waals surface area contributed by atoms with E-state index < -0.39 is 0 Å². The molecular formula is C22H29N5O3. The Labute approximate surface area is 177 Å². The average molecular weight is 412 g/mol. The first kappa shape index (κ1) is 20.6. The lowest BCUT2D eigenvalue weighted by molar-refractivity contribution is -0.138. The molecule has 2 aliphatic heterocycles. The van der Waals surface area contributed by atoms with E-state index in [-0.39, 0.29) is 17.9 Å². The standard InChI is InChI=1S/C22H29N5O3/c1-18(25-10-8-24(9-11-25)17-19-5-2-3-7-23-19)21(28)26-12-14-27(15-13-26)22(29)20-6-4-16-30-20/h2-7,16,18H,8-15,17H2,1H3. The Balaban J connectivity index is 1.23. The summed E-state index contributed by atoms with van der Waals surface area (Å²) in [6.07, 6.45) is 3.33. The van der Waals surface area contributed by atoms with Crippen LogP contribution < -0.4 is 0 Å². The molecule has 2 aromatic heterocycles. The summed E-state index contributed by atoms with van der Waals surface area (Å²) in [7, 11) is 0. The molecule has 8 heteroatoms. The normalized spacial score (nSPS) is 19.6. The summed E-state index contributed by atoms with van der Waals surface area (Å²) in [5.41, 5.74) is 1.08. The van der Waals surface area contributed by atoms with Crippen LogP contribution >= 0.6 is 0 Å². The van der Waals surface area contributed by atoms with E-state index >= 15 is 0 Å². The van der Waals surface area contributed by atoms with Gasteiger partial charge in [0, 0.05) is 65.1 Å². The smallest absolute Gasteiger partial charge is 0.289 e. The highest BCUT2D eigenvalue weighted by molar-refractivity contribution is 5.91. The van der Waals surface area contributed by atoms with Crippen molar-refractivity contribution < 1.29 is 14.0 Å². The maximum absolute atomic E-state index is 13.0. The Morgan fingerprint density at radius 1 is 0.967 bits per heavy atom. The van der Waals surface area contributed by atoms with Crippen LogP contribution in [0.4, 0.5) is 0 Å². The number of hydrogen-bond acceptors (Lipinski definition) is 6. The van der Waals surface area contributed by atoms with Crippen molar-refractivity contribution in [1.82, 2.24) is 24.6 Å². The Bertz CT molecular complexity index is 826. The van der Waals surface area contributed by atoms with Gasteiger partial charge in [-0.1, -0.05) is 6.07 Å². The van der Waals surface area contributed by atoms with E-state index in [0.29, 0.717) is 31.9 Å². The number of hydrogen-bond donors (Lipinski definition) is 0. The average Bonchev–Trinajstić information content (AvgIpc) is 3.34. The highest BCUT2D eigenvalue weighted by Crippen LogP contribution is 2.14. The lowest BCUT2D eigenvalue weighted by Gasteiger charge is -2.40. The summed E-state index contributed by atoms with van der Waals surface area (Å²) in [5.74, 6) is 0.397. The van der Waals surface area contributed by atoms with Crippen LogP contribution in [0.25, 0.3) is 0 Å². The molecule has 2 aliphatic rings. The predicted molar refractivity (Wildman–Crippen MR) is 112 cm³/mol. The van der Waals surface area contributed by atoms with Crippen molar-refractivity contribution >= 4 is 11.8 Å². The quantitative estimate of drug-likeness (QED) is 0.735. The van der Waals surface area contributed by atoms with Crippen LogP contribution in [0.15, 0.2) is 47.2 Å². The molecular weight excluding hydrogens is 382 g/mol. The second-order valence-corrected chi connectivity index (χ2v) is 7.90. The van der Waals surface area contributed by atoms with Crippen LogP contribution in [0, 0.1) is 0 Å². The van der Waals surface area contributed by atoms with Crippen molar-refractivity contribution in [3.05, 3.63) is 54.2 Å². The monoisotopic (exact) mass is 411 g/mol. The van der Waals surface area contributed by atoms with Gasteiger partial charge in [0.05, 0.1) is 18.0 Å². The number of carbonyl (C=O) groups is 2. The SMILES string of the molecule is CC(C(=O)N1CCN(C(=O)c2ccco2)CC1)N1CCN(Cc2ccccn2)CC1. The van der Waals surface area contributed by atoms with Crippen LogP contribution in [-0.4, -0.2) is 94.8 Å². The van der Waals surface area contributed by atoms with Crippen molar-refractivity contribution in [1.29, 1.82) is 0 Å². The van der Waals surface area contributed by atoms with Gasteiger partial charge in [0.1, 0.15) is 0 Å². The van der Waals surface area contributed by atoms with Crippen LogP contribution in [-0.2, 0) is 11.3 Å². The van der Waals surface area contributed by atoms with Gasteiger partial charge in [-0.05, 0) is 31.2 Å². The van der Waals surface area contributed by atoms with Crippen LogP contribution in [0.2, 0.25) is 0 Å². The molecule has 1 atom stereocenters. The van der Waals surface area contributed by atoms with Gasteiger partial charge in [-0.15, -0.1) is 0 Å². The summed E-state index contributed by atoms with van der Waals surface area (Å²) in [6, 6.07) is 9.24. The Morgan fingerprint density at radius 3 is 2.33 bits per heavy atom. The molecule has 2 aromatic rings. The third-order valence-electron chi connectivity index (χ3n) is 6.03. The highest BCUT2D eigenvalue weighted by atomic mass is 16.3. The molecule has 160 valence electrons. The topological polar surface area (TPSA) is 73.1 Å². The summed E-state index contributed by atoms with van der Waals surface area (Å²) in [5, 5.41) is 0. The van der Waals surface area contributed by atoms with Crippen LogP contribution in [0.5, 0.6) is 0 Å². The fourth-order valence-electron chi connectivity index (χ4n) is 4.14. The van der Waals surface area contributed by atoms with Crippen molar-refractivity contribution in [2.75, 3.05) is 52.4 Å². The summed E-state index contributed by atoms with van der Waals surface area (Å²) in [6.45, 7) is 8.66. The van der Waals surface area contributed by atoms with Crippen LogP contribution in [0.3, 0.4) is 0 Å². The number of furan rings is 1. The van der Waals surface area contributed by atoms with Crippen molar-refractivity contribution in [3.63, 3.8) is 0 Å². The zero-order valence-electron chi connectivity index (χ0n) is 17.4. The maximum atomic E-state index is 13.0. The van der Waals surface area contributed by atoms with Gasteiger partial charge in [-0.2, -0.15) is 0 Å². The molecule has 30 heavy (non-hydrogen) atoms. The maximum Gasteiger partial charge on any atom is 0.289 e. The van der Waals surface area contributed by atoms with Crippen molar-refractivity contribution in [2.24, 2.45) is 0 Å². The second kappa shape index (κ2) is 9.40. The molecule has 1 unspecified atom stereocenters. The fourth-order valence-corrected chi connectivity index (χ4v) is 4.14. The first-order valence-corrected chi connectivity index (χ1v) is 10.6. The molecule has 2 amide bonds. The first-order chi connectivity index (χ1) is 14.6. The largest absolute Gasteiger partial charge is 0.459 e. The summed E-state index contributed by atoms with van der Waals surface area (Å²) in [4.78, 5) is 38.1. The minimum Gasteiger partial charge on any atom is -0.459 e. The lowest BCUT2D eigenvalue weighted by Crippen LogP contribution is -2.57. The van der Waals surface area contributed by atoms with Crippen LogP contribution in [0.1, 0.15) is 23.2 Å². The number of piperazine rings is 2. The van der Waals surface area contributed by atoms with Crippen molar-refractivity contribution in [3.8, 4) is 0 Å². The van der Waals surface area contributed by atoms with E-state index in [4.69, 9.17) is 4.42 Å². The van der Waals surface area contributed by atoms with Gasteiger partial charge in [-0.3, -0.25) is 24.4 Å². The number of amides is 2. The lowest BCUT2D eigenvalue weighted by atomic mass is 10.1. The number of rotatable bonds is 5. The third kappa shape index (κ3) is 4.71. The van der Waals surface area contributed by atoms with E-state index in [1.54, 1.807) is 17.0 Å². The van der Waals surface area contributed by atoms with Gasteiger partial charge in [0.2, 0.25) is 5.91 Å². The summed E-state index contributed by atoms with van der Waals surface area (Å²) >= 11 is 0.